The molecule has 2 atom stereocenters. The average molecular weight is 242 g/mol. The quantitative estimate of drug-likeness (QED) is 0.728. The monoisotopic (exact) mass is 242 g/mol. The molecule has 2 unspecified atom stereocenters. The third-order valence-electron chi connectivity index (χ3n) is 3.15. The van der Waals surface area contributed by atoms with Gasteiger partial charge in [-0.2, -0.15) is 0 Å². The van der Waals surface area contributed by atoms with Crippen LogP contribution in [0.5, 0.6) is 0 Å². The van der Waals surface area contributed by atoms with Gasteiger partial charge in [0.15, 0.2) is 0 Å². The van der Waals surface area contributed by atoms with Crippen molar-refractivity contribution in [3.63, 3.8) is 0 Å². The Morgan fingerprint density at radius 3 is 2.47 bits per heavy atom. The summed E-state index contributed by atoms with van der Waals surface area (Å²) in [4.78, 5) is 24.9. The highest BCUT2D eigenvalue weighted by Crippen LogP contribution is 2.20. The van der Waals surface area contributed by atoms with E-state index in [1.54, 1.807) is 0 Å². The minimum atomic E-state index is -0.189. The Bertz CT molecular complexity index is 291. The second kappa shape index (κ2) is 6.00. The van der Waals surface area contributed by atoms with Crippen LogP contribution in [0, 0.1) is 5.92 Å². The molecule has 0 saturated carbocycles. The van der Waals surface area contributed by atoms with Gasteiger partial charge >= 0.3 is 5.97 Å². The molecule has 1 rings (SSSR count). The number of hydrogen-bond acceptors (Lipinski definition) is 4. The molecule has 98 valence electrons. The molecule has 0 aromatic heterocycles. The lowest BCUT2D eigenvalue weighted by molar-refractivity contribution is -0.148. The van der Waals surface area contributed by atoms with E-state index in [0.29, 0.717) is 19.0 Å². The van der Waals surface area contributed by atoms with Gasteiger partial charge in [-0.3, -0.25) is 14.5 Å². The van der Waals surface area contributed by atoms with Gasteiger partial charge in [0.2, 0.25) is 5.91 Å². The third-order valence-corrected chi connectivity index (χ3v) is 3.15. The predicted molar refractivity (Wildman–Crippen MR) is 64.4 cm³/mol. The molecule has 1 fully saturated rings. The maximum absolute atomic E-state index is 11.6. The van der Waals surface area contributed by atoms with Crippen LogP contribution in [0.25, 0.3) is 0 Å². The van der Waals surface area contributed by atoms with Crippen molar-refractivity contribution >= 4 is 11.9 Å². The van der Waals surface area contributed by atoms with Gasteiger partial charge in [0.1, 0.15) is 0 Å². The second-order valence-corrected chi connectivity index (χ2v) is 4.90. The normalized spacial score (nSPS) is 25.7. The molecule has 1 aliphatic rings. The van der Waals surface area contributed by atoms with Crippen molar-refractivity contribution in [1.82, 2.24) is 10.2 Å². The summed E-state index contributed by atoms with van der Waals surface area (Å²) in [6.07, 6.45) is 0.662. The van der Waals surface area contributed by atoms with Crippen LogP contribution in [0.4, 0.5) is 0 Å². The molecular formula is C12H22N2O3. The van der Waals surface area contributed by atoms with Crippen molar-refractivity contribution in [1.29, 1.82) is 0 Å². The fourth-order valence-corrected chi connectivity index (χ4v) is 2.28. The maximum Gasteiger partial charge on any atom is 0.310 e. The Morgan fingerprint density at radius 2 is 2.00 bits per heavy atom. The summed E-state index contributed by atoms with van der Waals surface area (Å²) in [6.45, 7) is 7.18. The van der Waals surface area contributed by atoms with Crippen molar-refractivity contribution in [2.45, 2.75) is 39.3 Å². The molecule has 5 nitrogen and oxygen atoms in total. The van der Waals surface area contributed by atoms with E-state index < -0.39 is 0 Å². The summed E-state index contributed by atoms with van der Waals surface area (Å²) in [7, 11) is 1.41. The number of nitrogens with zero attached hydrogens (tertiary/aromatic N) is 1. The van der Waals surface area contributed by atoms with Gasteiger partial charge in [0, 0.05) is 32.1 Å². The Balaban J connectivity index is 2.68. The lowest BCUT2D eigenvalue weighted by Crippen LogP contribution is -2.53. The van der Waals surface area contributed by atoms with Gasteiger partial charge < -0.3 is 10.1 Å². The van der Waals surface area contributed by atoms with E-state index in [2.05, 4.69) is 24.1 Å². The summed E-state index contributed by atoms with van der Waals surface area (Å²) < 4.78 is 4.79. The first-order valence-electron chi connectivity index (χ1n) is 6.03. The number of ether oxygens (including phenoxy) is 1. The fraction of sp³-hybridized carbons (Fsp3) is 0.833. The molecule has 1 N–H and O–H groups in total. The number of likely N-dealkylation sites (tertiary alicyclic amines) is 1. The molecule has 0 spiro atoms. The Morgan fingerprint density at radius 1 is 1.35 bits per heavy atom. The molecule has 1 aliphatic heterocycles. The smallest absolute Gasteiger partial charge is 0.310 e. The first kappa shape index (κ1) is 14.0. The van der Waals surface area contributed by atoms with Gasteiger partial charge in [0.05, 0.1) is 13.0 Å². The molecule has 1 heterocycles. The number of nitrogens with one attached hydrogen (secondary N) is 1. The van der Waals surface area contributed by atoms with Crippen molar-refractivity contribution in [2.75, 3.05) is 20.2 Å². The lowest BCUT2D eigenvalue weighted by atomic mass is 9.93. The SMILES string of the molecule is COC(=O)C1CC(NC(C)=O)CN(C(C)C)C1. The van der Waals surface area contributed by atoms with Gasteiger partial charge in [-0.1, -0.05) is 0 Å². The zero-order chi connectivity index (χ0) is 13.0. The molecule has 17 heavy (non-hydrogen) atoms. The Kier molecular flexibility index (Phi) is 4.93. The van der Waals surface area contributed by atoms with Gasteiger partial charge in [-0.25, -0.2) is 0 Å². The van der Waals surface area contributed by atoms with Gasteiger partial charge in [-0.05, 0) is 20.3 Å². The highest BCUT2D eigenvalue weighted by Gasteiger charge is 2.33. The van der Waals surface area contributed by atoms with E-state index in [0.717, 1.165) is 6.54 Å². The second-order valence-electron chi connectivity index (χ2n) is 4.90. The van der Waals surface area contributed by atoms with Crippen molar-refractivity contribution in [3.8, 4) is 0 Å². The van der Waals surface area contributed by atoms with Crippen molar-refractivity contribution in [2.24, 2.45) is 5.92 Å². The fourth-order valence-electron chi connectivity index (χ4n) is 2.28. The van der Waals surface area contributed by atoms with Crippen LogP contribution in [0.3, 0.4) is 0 Å². The zero-order valence-electron chi connectivity index (χ0n) is 11.0. The minimum Gasteiger partial charge on any atom is -0.469 e. The van der Waals surface area contributed by atoms with Gasteiger partial charge in [-0.15, -0.1) is 0 Å². The summed E-state index contributed by atoms with van der Waals surface area (Å²) in [5.41, 5.74) is 0. The van der Waals surface area contributed by atoms with Crippen LogP contribution < -0.4 is 5.32 Å². The molecule has 1 amide bonds. The Hall–Kier alpha value is -1.10. The first-order valence-corrected chi connectivity index (χ1v) is 6.03. The van der Waals surface area contributed by atoms with Crippen LogP contribution in [0.2, 0.25) is 0 Å². The molecular weight excluding hydrogens is 220 g/mol. The molecule has 0 bridgehead atoms. The van der Waals surface area contributed by atoms with Crippen LogP contribution in [0.15, 0.2) is 0 Å². The number of hydrogen-bond donors (Lipinski definition) is 1. The van der Waals surface area contributed by atoms with Gasteiger partial charge in [0.25, 0.3) is 0 Å². The first-order chi connectivity index (χ1) is 7.93. The highest BCUT2D eigenvalue weighted by molar-refractivity contribution is 5.74. The summed E-state index contributed by atoms with van der Waals surface area (Å²) in [6, 6.07) is 0.395. The third kappa shape index (κ3) is 4.00. The van der Waals surface area contributed by atoms with E-state index in [4.69, 9.17) is 4.74 Å². The number of carbonyl (C=O) groups is 2. The van der Waals surface area contributed by atoms with Crippen LogP contribution in [-0.2, 0) is 14.3 Å². The largest absolute Gasteiger partial charge is 0.469 e. The number of piperidine rings is 1. The number of amides is 1. The number of carbonyl (C=O) groups excluding carboxylic acids is 2. The van der Waals surface area contributed by atoms with Crippen LogP contribution >= 0.6 is 0 Å². The number of esters is 1. The van der Waals surface area contributed by atoms with Crippen LogP contribution in [-0.4, -0.2) is 49.1 Å². The van der Waals surface area contributed by atoms with E-state index in [1.165, 1.54) is 14.0 Å². The molecule has 0 aromatic rings. The van der Waals surface area contributed by atoms with E-state index >= 15 is 0 Å². The molecule has 0 aliphatic carbocycles. The zero-order valence-corrected chi connectivity index (χ0v) is 11.0. The predicted octanol–water partition coefficient (Wildman–Crippen LogP) is 0.394. The maximum atomic E-state index is 11.6. The average Bonchev–Trinajstić information content (AvgIpc) is 2.26. The summed E-state index contributed by atoms with van der Waals surface area (Å²) >= 11 is 0. The molecule has 0 radical (unpaired) electrons. The number of rotatable bonds is 3. The van der Waals surface area contributed by atoms with Crippen molar-refractivity contribution < 1.29 is 14.3 Å². The van der Waals surface area contributed by atoms with E-state index in [-0.39, 0.29) is 23.8 Å². The minimum absolute atomic E-state index is 0.0350. The standard InChI is InChI=1S/C12H22N2O3/c1-8(2)14-6-10(12(16)17-4)5-11(7-14)13-9(3)15/h8,10-11H,5-7H2,1-4H3,(H,13,15). The number of methoxy groups -OCH3 is 1. The van der Waals surface area contributed by atoms with E-state index in [1.807, 2.05) is 0 Å². The topological polar surface area (TPSA) is 58.6 Å². The molecule has 5 heteroatoms. The lowest BCUT2D eigenvalue weighted by Gasteiger charge is -2.39. The summed E-state index contributed by atoms with van der Waals surface area (Å²) in [5.74, 6) is -0.386. The molecule has 1 saturated heterocycles. The van der Waals surface area contributed by atoms with E-state index in [9.17, 15) is 9.59 Å². The van der Waals surface area contributed by atoms with Crippen LogP contribution in [0.1, 0.15) is 27.2 Å². The Labute approximate surface area is 102 Å². The highest BCUT2D eigenvalue weighted by atomic mass is 16.5. The summed E-state index contributed by atoms with van der Waals surface area (Å²) in [5, 5.41) is 2.89. The van der Waals surface area contributed by atoms with Crippen molar-refractivity contribution in [3.05, 3.63) is 0 Å². The molecule has 0 aromatic carbocycles.